The first-order valence-corrected chi connectivity index (χ1v) is 7.43. The van der Waals surface area contributed by atoms with Crippen LogP contribution in [-0.2, 0) is 0 Å². The lowest BCUT2D eigenvalue weighted by atomic mass is 9.74. The van der Waals surface area contributed by atoms with E-state index in [-0.39, 0.29) is 11.5 Å². The Morgan fingerprint density at radius 3 is 2.53 bits per heavy atom. The van der Waals surface area contributed by atoms with Gasteiger partial charge in [-0.05, 0) is 45.7 Å². The third-order valence-corrected chi connectivity index (χ3v) is 4.55. The van der Waals surface area contributed by atoms with E-state index in [0.29, 0.717) is 11.8 Å². The molecule has 102 valence electrons. The molecule has 1 heterocycles. The number of nitrogens with zero attached hydrogens (tertiary/aromatic N) is 1. The standard InChI is InChI=1S/C17H23NO/c1-17(2,3)18-14-10-6-4-8-12(14)16(19)13-9-5-7-11-15(13)18/h4,6,8,10,13,15H,5,7,9,11H2,1-3H3. The second-order valence-electron chi connectivity index (χ2n) is 6.88. The van der Waals surface area contributed by atoms with E-state index in [0.717, 1.165) is 24.1 Å². The van der Waals surface area contributed by atoms with Crippen LogP contribution in [0.5, 0.6) is 0 Å². The van der Waals surface area contributed by atoms with Crippen LogP contribution in [0, 0.1) is 5.92 Å². The van der Waals surface area contributed by atoms with Crippen molar-refractivity contribution < 1.29 is 4.79 Å². The number of Topliss-reactive ketones (excluding diaryl/α,β-unsaturated/α-hetero) is 1. The fourth-order valence-electron chi connectivity index (χ4n) is 3.86. The summed E-state index contributed by atoms with van der Waals surface area (Å²) in [6, 6.07) is 8.55. The van der Waals surface area contributed by atoms with Crippen LogP contribution in [0.1, 0.15) is 56.8 Å². The molecule has 2 nitrogen and oxygen atoms in total. The van der Waals surface area contributed by atoms with Gasteiger partial charge in [0.05, 0.1) is 0 Å². The highest BCUT2D eigenvalue weighted by Crippen LogP contribution is 2.43. The summed E-state index contributed by atoms with van der Waals surface area (Å²) >= 11 is 0. The molecule has 0 amide bonds. The zero-order valence-electron chi connectivity index (χ0n) is 12.1. The molecule has 3 rings (SSSR count). The first-order valence-electron chi connectivity index (χ1n) is 7.43. The molecule has 1 aromatic carbocycles. The van der Waals surface area contributed by atoms with Crippen LogP contribution in [0.15, 0.2) is 24.3 Å². The summed E-state index contributed by atoms with van der Waals surface area (Å²) in [4.78, 5) is 15.2. The first kappa shape index (κ1) is 12.7. The van der Waals surface area contributed by atoms with E-state index < -0.39 is 0 Å². The van der Waals surface area contributed by atoms with Crippen LogP contribution in [0.25, 0.3) is 0 Å². The fraction of sp³-hybridized carbons (Fsp3) is 0.588. The molecule has 1 aliphatic carbocycles. The highest BCUT2D eigenvalue weighted by atomic mass is 16.1. The van der Waals surface area contributed by atoms with Crippen molar-refractivity contribution in [3.8, 4) is 0 Å². The number of carbonyl (C=O) groups excluding carboxylic acids is 1. The molecule has 2 heteroatoms. The van der Waals surface area contributed by atoms with E-state index in [4.69, 9.17) is 0 Å². The lowest BCUT2D eigenvalue weighted by Gasteiger charge is -2.51. The van der Waals surface area contributed by atoms with Gasteiger partial charge in [-0.3, -0.25) is 4.79 Å². The maximum Gasteiger partial charge on any atom is 0.170 e. The normalized spacial score (nSPS) is 26.9. The Hall–Kier alpha value is -1.31. The van der Waals surface area contributed by atoms with Crippen molar-refractivity contribution in [1.82, 2.24) is 0 Å². The lowest BCUT2D eigenvalue weighted by molar-refractivity contribution is 0.0841. The van der Waals surface area contributed by atoms with E-state index >= 15 is 0 Å². The Morgan fingerprint density at radius 1 is 1.11 bits per heavy atom. The van der Waals surface area contributed by atoms with Crippen molar-refractivity contribution >= 4 is 11.5 Å². The van der Waals surface area contributed by atoms with Gasteiger partial charge in [0.1, 0.15) is 0 Å². The van der Waals surface area contributed by atoms with Crippen molar-refractivity contribution in [2.45, 2.75) is 58.0 Å². The summed E-state index contributed by atoms with van der Waals surface area (Å²) in [5, 5.41) is 0. The molecule has 2 aliphatic rings. The summed E-state index contributed by atoms with van der Waals surface area (Å²) in [6.07, 6.45) is 4.67. The van der Waals surface area contributed by atoms with Crippen LogP contribution in [0.3, 0.4) is 0 Å². The zero-order chi connectivity index (χ0) is 13.6. The van der Waals surface area contributed by atoms with Crippen LogP contribution >= 0.6 is 0 Å². The van der Waals surface area contributed by atoms with Crippen LogP contribution in [-0.4, -0.2) is 17.4 Å². The van der Waals surface area contributed by atoms with Crippen molar-refractivity contribution in [2.75, 3.05) is 4.90 Å². The summed E-state index contributed by atoms with van der Waals surface area (Å²) in [5.74, 6) is 0.587. The Labute approximate surface area is 115 Å². The molecule has 0 saturated heterocycles. The molecular formula is C17H23NO. The minimum atomic E-state index is 0.0665. The van der Waals surface area contributed by atoms with Crippen molar-refractivity contribution in [3.05, 3.63) is 29.8 Å². The molecule has 0 aromatic heterocycles. The number of ketones is 1. The maximum absolute atomic E-state index is 12.7. The molecular weight excluding hydrogens is 234 g/mol. The van der Waals surface area contributed by atoms with Gasteiger partial charge in [0, 0.05) is 28.7 Å². The van der Waals surface area contributed by atoms with Gasteiger partial charge in [-0.1, -0.05) is 25.0 Å². The molecule has 0 spiro atoms. The van der Waals surface area contributed by atoms with Gasteiger partial charge in [-0.2, -0.15) is 0 Å². The maximum atomic E-state index is 12.7. The van der Waals surface area contributed by atoms with Crippen molar-refractivity contribution in [1.29, 1.82) is 0 Å². The predicted octanol–water partition coefficient (Wildman–Crippen LogP) is 4.05. The minimum absolute atomic E-state index is 0.0665. The summed E-state index contributed by atoms with van der Waals surface area (Å²) in [6.45, 7) is 6.77. The second-order valence-corrected chi connectivity index (χ2v) is 6.88. The molecule has 1 aromatic rings. The molecule has 1 saturated carbocycles. The van der Waals surface area contributed by atoms with Gasteiger partial charge in [0.25, 0.3) is 0 Å². The van der Waals surface area contributed by atoms with Crippen LogP contribution in [0.4, 0.5) is 5.69 Å². The SMILES string of the molecule is CC(C)(C)N1c2ccccc2C(=O)C2CCCCC21. The monoisotopic (exact) mass is 257 g/mol. The second kappa shape index (κ2) is 4.36. The summed E-state index contributed by atoms with van der Waals surface area (Å²) in [5.41, 5.74) is 2.14. The van der Waals surface area contributed by atoms with Crippen molar-refractivity contribution in [2.24, 2.45) is 5.92 Å². The topological polar surface area (TPSA) is 20.3 Å². The van der Waals surface area contributed by atoms with Gasteiger partial charge in [0.2, 0.25) is 0 Å². The van der Waals surface area contributed by atoms with Gasteiger partial charge in [-0.15, -0.1) is 0 Å². The molecule has 2 atom stereocenters. The van der Waals surface area contributed by atoms with Crippen LogP contribution < -0.4 is 4.90 Å². The molecule has 19 heavy (non-hydrogen) atoms. The summed E-state index contributed by atoms with van der Waals surface area (Å²) < 4.78 is 0. The van der Waals surface area contributed by atoms with E-state index in [1.807, 2.05) is 18.2 Å². The van der Waals surface area contributed by atoms with Crippen LogP contribution in [0.2, 0.25) is 0 Å². The highest BCUT2D eigenvalue weighted by Gasteiger charge is 2.44. The smallest absolute Gasteiger partial charge is 0.170 e. The van der Waals surface area contributed by atoms with E-state index in [9.17, 15) is 4.79 Å². The third kappa shape index (κ3) is 1.98. The zero-order valence-corrected chi connectivity index (χ0v) is 12.1. The molecule has 0 N–H and O–H groups in total. The first-order chi connectivity index (χ1) is 9.00. The molecule has 0 bridgehead atoms. The van der Waals surface area contributed by atoms with Gasteiger partial charge in [0.15, 0.2) is 5.78 Å². The van der Waals surface area contributed by atoms with Gasteiger partial charge >= 0.3 is 0 Å². The average Bonchev–Trinajstić information content (AvgIpc) is 2.38. The third-order valence-electron chi connectivity index (χ3n) is 4.55. The summed E-state index contributed by atoms with van der Waals surface area (Å²) in [7, 11) is 0. The highest BCUT2D eigenvalue weighted by molar-refractivity contribution is 6.05. The van der Waals surface area contributed by atoms with E-state index in [2.05, 4.69) is 31.7 Å². The van der Waals surface area contributed by atoms with Crippen molar-refractivity contribution in [3.63, 3.8) is 0 Å². The number of hydrogen-bond acceptors (Lipinski definition) is 2. The number of hydrogen-bond donors (Lipinski definition) is 0. The molecule has 1 aliphatic heterocycles. The Morgan fingerprint density at radius 2 is 1.79 bits per heavy atom. The molecule has 0 radical (unpaired) electrons. The van der Waals surface area contributed by atoms with E-state index in [1.54, 1.807) is 0 Å². The number of para-hydroxylation sites is 1. The number of benzene rings is 1. The van der Waals surface area contributed by atoms with Gasteiger partial charge < -0.3 is 4.90 Å². The largest absolute Gasteiger partial charge is 0.362 e. The number of rotatable bonds is 0. The molecule has 2 unspecified atom stereocenters. The van der Waals surface area contributed by atoms with E-state index in [1.165, 1.54) is 12.8 Å². The predicted molar refractivity (Wildman–Crippen MR) is 78.8 cm³/mol. The molecule has 1 fully saturated rings. The number of anilines is 1. The Bertz CT molecular complexity index is 500. The average molecular weight is 257 g/mol. The van der Waals surface area contributed by atoms with Gasteiger partial charge in [-0.25, -0.2) is 0 Å². The number of carbonyl (C=O) groups is 1. The Balaban J connectivity index is 2.15. The number of fused-ring (bicyclic) bond motifs is 2. The Kier molecular flexibility index (Phi) is 2.92. The fourth-order valence-corrected chi connectivity index (χ4v) is 3.86. The lowest BCUT2D eigenvalue weighted by Crippen LogP contribution is -2.57. The quantitative estimate of drug-likeness (QED) is 0.699. The minimum Gasteiger partial charge on any atom is -0.362 e.